The third kappa shape index (κ3) is 3.92. The van der Waals surface area contributed by atoms with E-state index < -0.39 is 11.7 Å². The lowest BCUT2D eigenvalue weighted by molar-refractivity contribution is 0.0711. The number of carbonyl (C=O) groups excluding carboxylic acids is 1. The zero-order valence-electron chi connectivity index (χ0n) is 11.4. The molecule has 0 atom stereocenters. The van der Waals surface area contributed by atoms with Gasteiger partial charge in [-0.05, 0) is 18.6 Å². The van der Waals surface area contributed by atoms with Crippen molar-refractivity contribution in [3.05, 3.63) is 29.6 Å². The summed E-state index contributed by atoms with van der Waals surface area (Å²) in [6.45, 7) is 2.54. The molecule has 4 nitrogen and oxygen atoms in total. The van der Waals surface area contributed by atoms with Crippen LogP contribution in [0, 0.1) is 5.82 Å². The smallest absolute Gasteiger partial charge is 0.260 e. The lowest BCUT2D eigenvalue weighted by Crippen LogP contribution is -2.35. The van der Waals surface area contributed by atoms with Crippen LogP contribution in [0.2, 0.25) is 0 Å². The highest BCUT2D eigenvalue weighted by Gasteiger charge is 2.22. The van der Waals surface area contributed by atoms with Gasteiger partial charge in [0, 0.05) is 13.1 Å². The average Bonchev–Trinajstić information content (AvgIpc) is 2.42. The zero-order valence-corrected chi connectivity index (χ0v) is 11.4. The average molecular weight is 269 g/mol. The van der Waals surface area contributed by atoms with E-state index in [1.165, 1.54) is 24.1 Å². The largest absolute Gasteiger partial charge is 0.496 e. The Balaban J connectivity index is 3.01. The molecule has 0 aliphatic heterocycles. The van der Waals surface area contributed by atoms with Crippen molar-refractivity contribution in [2.75, 3.05) is 26.8 Å². The highest BCUT2D eigenvalue weighted by molar-refractivity contribution is 5.97. The van der Waals surface area contributed by atoms with E-state index in [0.717, 1.165) is 12.8 Å². The van der Waals surface area contributed by atoms with E-state index in [9.17, 15) is 9.18 Å². The molecule has 0 aliphatic rings. The van der Waals surface area contributed by atoms with Crippen LogP contribution in [0.15, 0.2) is 18.2 Å². The fraction of sp³-hybridized carbons (Fsp3) is 0.500. The predicted molar refractivity (Wildman–Crippen MR) is 70.8 cm³/mol. The van der Waals surface area contributed by atoms with Gasteiger partial charge in [-0.25, -0.2) is 4.39 Å². The van der Waals surface area contributed by atoms with Crippen LogP contribution < -0.4 is 4.74 Å². The topological polar surface area (TPSA) is 49.8 Å². The number of rotatable bonds is 7. The van der Waals surface area contributed by atoms with Gasteiger partial charge in [0.15, 0.2) is 0 Å². The number of nitrogens with zero attached hydrogens (tertiary/aromatic N) is 1. The zero-order chi connectivity index (χ0) is 14.3. The second-order valence-corrected chi connectivity index (χ2v) is 4.19. The van der Waals surface area contributed by atoms with Gasteiger partial charge >= 0.3 is 0 Å². The van der Waals surface area contributed by atoms with E-state index in [1.807, 2.05) is 6.92 Å². The molecule has 0 heterocycles. The Labute approximate surface area is 112 Å². The van der Waals surface area contributed by atoms with Crippen molar-refractivity contribution >= 4 is 5.91 Å². The summed E-state index contributed by atoms with van der Waals surface area (Å²) in [5.74, 6) is -0.842. The Kier molecular flexibility index (Phi) is 6.29. The van der Waals surface area contributed by atoms with Crippen molar-refractivity contribution in [3.63, 3.8) is 0 Å². The minimum atomic E-state index is -0.608. The van der Waals surface area contributed by atoms with Crippen molar-refractivity contribution < 1.29 is 19.0 Å². The second kappa shape index (κ2) is 7.74. The van der Waals surface area contributed by atoms with Gasteiger partial charge in [0.25, 0.3) is 5.91 Å². The van der Waals surface area contributed by atoms with Crippen LogP contribution >= 0.6 is 0 Å². The van der Waals surface area contributed by atoms with Crippen LogP contribution in [0.3, 0.4) is 0 Å². The fourth-order valence-electron chi connectivity index (χ4n) is 1.82. The molecule has 1 rings (SSSR count). The van der Waals surface area contributed by atoms with Crippen LogP contribution in [-0.4, -0.2) is 42.7 Å². The quantitative estimate of drug-likeness (QED) is 0.824. The van der Waals surface area contributed by atoms with Gasteiger partial charge in [-0.2, -0.15) is 0 Å². The summed E-state index contributed by atoms with van der Waals surface area (Å²) in [4.78, 5) is 13.8. The SMILES string of the molecule is CCCCN(CCO)C(=O)c1c(F)cccc1OC. The third-order valence-corrected chi connectivity index (χ3v) is 2.85. The Hall–Kier alpha value is -1.62. The number of ether oxygens (including phenoxy) is 1. The van der Waals surface area contributed by atoms with Crippen molar-refractivity contribution in [1.82, 2.24) is 4.90 Å². The Morgan fingerprint density at radius 2 is 2.16 bits per heavy atom. The van der Waals surface area contributed by atoms with E-state index in [0.29, 0.717) is 6.54 Å². The summed E-state index contributed by atoms with van der Waals surface area (Å²) in [5.41, 5.74) is -0.0745. The van der Waals surface area contributed by atoms with Gasteiger partial charge in [0.2, 0.25) is 0 Å². The monoisotopic (exact) mass is 269 g/mol. The van der Waals surface area contributed by atoms with Gasteiger partial charge in [0.05, 0.1) is 13.7 Å². The van der Waals surface area contributed by atoms with Gasteiger partial charge < -0.3 is 14.7 Å². The molecule has 0 radical (unpaired) electrons. The molecule has 1 aromatic carbocycles. The first-order chi connectivity index (χ1) is 9.15. The van der Waals surface area contributed by atoms with Crippen molar-refractivity contribution in [3.8, 4) is 5.75 Å². The van der Waals surface area contributed by atoms with E-state index in [2.05, 4.69) is 0 Å². The maximum atomic E-state index is 13.8. The highest BCUT2D eigenvalue weighted by Crippen LogP contribution is 2.23. The first-order valence-electron chi connectivity index (χ1n) is 6.38. The Bertz CT molecular complexity index is 423. The Morgan fingerprint density at radius 1 is 1.42 bits per heavy atom. The molecule has 5 heteroatoms. The number of benzene rings is 1. The van der Waals surface area contributed by atoms with Crippen LogP contribution in [-0.2, 0) is 0 Å². The fourth-order valence-corrected chi connectivity index (χ4v) is 1.82. The van der Waals surface area contributed by atoms with Gasteiger partial charge in [0.1, 0.15) is 17.1 Å². The van der Waals surface area contributed by atoms with Crippen LogP contribution in [0.5, 0.6) is 5.75 Å². The standard InChI is InChI=1S/C14H20FNO3/c1-3-4-8-16(9-10-17)14(18)13-11(15)6-5-7-12(13)19-2/h5-7,17H,3-4,8-10H2,1-2H3. The van der Waals surface area contributed by atoms with Gasteiger partial charge in [-0.1, -0.05) is 19.4 Å². The number of methoxy groups -OCH3 is 1. The summed E-state index contributed by atoms with van der Waals surface area (Å²) in [7, 11) is 1.40. The molecule has 0 fully saturated rings. The molecule has 0 bridgehead atoms. The summed E-state index contributed by atoms with van der Waals surface area (Å²) < 4.78 is 18.9. The lowest BCUT2D eigenvalue weighted by Gasteiger charge is -2.22. The number of aliphatic hydroxyl groups is 1. The highest BCUT2D eigenvalue weighted by atomic mass is 19.1. The van der Waals surface area contributed by atoms with Crippen molar-refractivity contribution in [1.29, 1.82) is 0 Å². The summed E-state index contributed by atoms with van der Waals surface area (Å²) >= 11 is 0. The lowest BCUT2D eigenvalue weighted by atomic mass is 10.1. The number of unbranched alkanes of at least 4 members (excludes halogenated alkanes) is 1. The van der Waals surface area contributed by atoms with Crippen molar-refractivity contribution in [2.45, 2.75) is 19.8 Å². The van der Waals surface area contributed by atoms with Crippen LogP contribution in [0.4, 0.5) is 4.39 Å². The van der Waals surface area contributed by atoms with Gasteiger partial charge in [-0.3, -0.25) is 4.79 Å². The molecular weight excluding hydrogens is 249 g/mol. The first-order valence-corrected chi connectivity index (χ1v) is 6.38. The molecule has 0 spiro atoms. The molecular formula is C14H20FNO3. The summed E-state index contributed by atoms with van der Waals surface area (Å²) in [6, 6.07) is 4.27. The molecule has 1 amide bonds. The second-order valence-electron chi connectivity index (χ2n) is 4.19. The number of halogens is 1. The number of hydrogen-bond donors (Lipinski definition) is 1. The molecule has 19 heavy (non-hydrogen) atoms. The van der Waals surface area contributed by atoms with E-state index in [4.69, 9.17) is 9.84 Å². The molecule has 1 aromatic rings. The minimum absolute atomic E-state index is 0.0745. The van der Waals surface area contributed by atoms with Crippen LogP contribution in [0.1, 0.15) is 30.1 Å². The maximum absolute atomic E-state index is 13.8. The van der Waals surface area contributed by atoms with Crippen molar-refractivity contribution in [2.24, 2.45) is 0 Å². The number of amides is 1. The molecule has 106 valence electrons. The van der Waals surface area contributed by atoms with Gasteiger partial charge in [-0.15, -0.1) is 0 Å². The molecule has 0 aromatic heterocycles. The number of carbonyl (C=O) groups is 1. The number of hydrogen-bond acceptors (Lipinski definition) is 3. The number of aliphatic hydroxyl groups excluding tert-OH is 1. The molecule has 1 N–H and O–H groups in total. The predicted octanol–water partition coefficient (Wildman–Crippen LogP) is 2.07. The molecule has 0 saturated carbocycles. The molecule has 0 unspecified atom stereocenters. The summed E-state index contributed by atoms with van der Waals surface area (Å²) in [6.07, 6.45) is 1.73. The van der Waals surface area contributed by atoms with E-state index >= 15 is 0 Å². The minimum Gasteiger partial charge on any atom is -0.496 e. The molecule has 0 aliphatic carbocycles. The molecule has 0 saturated heterocycles. The maximum Gasteiger partial charge on any atom is 0.260 e. The van der Waals surface area contributed by atoms with Crippen LogP contribution in [0.25, 0.3) is 0 Å². The van der Waals surface area contributed by atoms with E-state index in [-0.39, 0.29) is 24.5 Å². The Morgan fingerprint density at radius 3 is 2.74 bits per heavy atom. The normalized spacial score (nSPS) is 10.3. The van der Waals surface area contributed by atoms with E-state index in [1.54, 1.807) is 6.07 Å². The summed E-state index contributed by atoms with van der Waals surface area (Å²) in [5, 5.41) is 9.01. The third-order valence-electron chi connectivity index (χ3n) is 2.85. The first kappa shape index (κ1) is 15.4.